The van der Waals surface area contributed by atoms with Crippen LogP contribution in [0, 0.1) is 40.4 Å². The zero-order chi connectivity index (χ0) is 22.4. The van der Waals surface area contributed by atoms with Gasteiger partial charge >= 0.3 is 5.97 Å². The number of aliphatic hydroxyl groups excluding tert-OH is 2. The van der Waals surface area contributed by atoms with Gasteiger partial charge in [0.2, 0.25) is 0 Å². The lowest BCUT2D eigenvalue weighted by atomic mass is 9.59. The van der Waals surface area contributed by atoms with E-state index in [2.05, 4.69) is 13.8 Å². The summed E-state index contributed by atoms with van der Waals surface area (Å²) in [6, 6.07) is 0. The maximum absolute atomic E-state index is 14.1. The molecule has 0 aromatic rings. The first-order valence-electron chi connectivity index (χ1n) is 11.0. The molecule has 4 aliphatic carbocycles. The molecule has 4 rings (SSSR count). The van der Waals surface area contributed by atoms with Gasteiger partial charge in [0.1, 0.15) is 6.10 Å². The van der Waals surface area contributed by atoms with Crippen LogP contribution in [-0.4, -0.2) is 51.5 Å². The number of hydrogen-bond acceptors (Lipinski definition) is 6. The molecule has 0 radical (unpaired) electrons. The molecule has 0 heterocycles. The van der Waals surface area contributed by atoms with Crippen LogP contribution < -0.4 is 0 Å². The molecule has 8 atom stereocenters. The third-order valence-electron chi connectivity index (χ3n) is 8.60. The Bertz CT molecular complexity index is 854. The van der Waals surface area contributed by atoms with Crippen molar-refractivity contribution >= 4 is 11.8 Å². The number of allylic oxidation sites excluding steroid dienone is 1. The van der Waals surface area contributed by atoms with E-state index in [9.17, 15) is 24.9 Å². The van der Waals surface area contributed by atoms with Crippen LogP contribution >= 0.6 is 0 Å². The second kappa shape index (κ2) is 6.50. The SMILES string of the molecule is CC1=CC23C(=O)C(C=C(CO)C(O)C2(O)C1OC(=O)C(C)C)C1C(C[C@H]3C)C1(C)C. The molecule has 30 heavy (non-hydrogen) atoms. The van der Waals surface area contributed by atoms with Gasteiger partial charge in [-0.2, -0.15) is 0 Å². The van der Waals surface area contributed by atoms with E-state index in [0.29, 0.717) is 11.5 Å². The minimum atomic E-state index is -2.05. The van der Waals surface area contributed by atoms with Gasteiger partial charge < -0.3 is 20.1 Å². The molecular formula is C24H34O6. The lowest BCUT2D eigenvalue weighted by molar-refractivity contribution is -0.204. The van der Waals surface area contributed by atoms with Crippen molar-refractivity contribution in [2.24, 2.45) is 40.4 Å². The molecule has 0 aromatic heterocycles. The molecule has 2 fully saturated rings. The fraction of sp³-hybridized carbons (Fsp3) is 0.750. The number of ether oxygens (including phenoxy) is 1. The highest BCUT2D eigenvalue weighted by Gasteiger charge is 2.76. The first-order chi connectivity index (χ1) is 13.9. The number of carbonyl (C=O) groups excluding carboxylic acids is 2. The Balaban J connectivity index is 1.92. The second-order valence-corrected chi connectivity index (χ2v) is 10.8. The van der Waals surface area contributed by atoms with Crippen LogP contribution in [0.15, 0.2) is 23.3 Å². The van der Waals surface area contributed by atoms with Gasteiger partial charge in [-0.3, -0.25) is 9.59 Å². The smallest absolute Gasteiger partial charge is 0.309 e. The van der Waals surface area contributed by atoms with Gasteiger partial charge in [-0.1, -0.05) is 46.8 Å². The standard InChI is InChI=1S/C24H34O6/c1-11(2)21(28)30-20-12(3)9-23-13(4)7-16-17(22(16,5)6)15(19(23)27)8-14(10-25)18(26)24(20,23)29/h8-9,11,13,15-18,20,25-26,29H,7,10H2,1-6H3/t13-,15?,16?,17?,18?,20?,23?,24?/m1/s1. The molecule has 1 spiro atoms. The third kappa shape index (κ3) is 2.41. The van der Waals surface area contributed by atoms with Crippen LogP contribution in [-0.2, 0) is 14.3 Å². The maximum Gasteiger partial charge on any atom is 0.309 e. The van der Waals surface area contributed by atoms with Crippen molar-refractivity contribution in [3.05, 3.63) is 23.3 Å². The van der Waals surface area contributed by atoms with Crippen LogP contribution in [0.1, 0.15) is 48.0 Å². The molecule has 0 aromatic carbocycles. The van der Waals surface area contributed by atoms with Crippen LogP contribution in [0.3, 0.4) is 0 Å². The number of rotatable bonds is 3. The average Bonchev–Trinajstić information content (AvgIpc) is 3.16. The Morgan fingerprint density at radius 3 is 2.53 bits per heavy atom. The van der Waals surface area contributed by atoms with Crippen molar-refractivity contribution in [2.45, 2.75) is 65.8 Å². The van der Waals surface area contributed by atoms with E-state index in [0.717, 1.165) is 6.42 Å². The number of hydrogen-bond donors (Lipinski definition) is 3. The summed E-state index contributed by atoms with van der Waals surface area (Å²) in [5, 5.41) is 33.6. The molecule has 2 saturated carbocycles. The van der Waals surface area contributed by atoms with Crippen molar-refractivity contribution < 1.29 is 29.6 Å². The van der Waals surface area contributed by atoms with Gasteiger partial charge in [0, 0.05) is 5.92 Å². The summed E-state index contributed by atoms with van der Waals surface area (Å²) in [6.45, 7) is 10.9. The van der Waals surface area contributed by atoms with Crippen LogP contribution in [0.25, 0.3) is 0 Å². The lowest BCUT2D eigenvalue weighted by Gasteiger charge is -2.48. The first-order valence-corrected chi connectivity index (χ1v) is 11.0. The summed E-state index contributed by atoms with van der Waals surface area (Å²) in [5.74, 6) is -1.38. The predicted molar refractivity (Wildman–Crippen MR) is 110 cm³/mol. The zero-order valence-electron chi connectivity index (χ0n) is 18.7. The summed E-state index contributed by atoms with van der Waals surface area (Å²) >= 11 is 0. The number of fused-ring (bicyclic) bond motifs is 3. The van der Waals surface area contributed by atoms with Crippen LogP contribution in [0.2, 0.25) is 0 Å². The Morgan fingerprint density at radius 1 is 1.33 bits per heavy atom. The van der Waals surface area contributed by atoms with Gasteiger partial charge in [-0.15, -0.1) is 0 Å². The number of ketones is 1. The van der Waals surface area contributed by atoms with E-state index in [1.807, 2.05) is 6.92 Å². The molecular weight excluding hydrogens is 384 g/mol. The van der Waals surface area contributed by atoms with Gasteiger partial charge in [-0.25, -0.2) is 0 Å². The van der Waals surface area contributed by atoms with Crippen LogP contribution in [0.5, 0.6) is 0 Å². The molecule has 0 saturated heterocycles. The largest absolute Gasteiger partial charge is 0.454 e. The van der Waals surface area contributed by atoms with E-state index in [1.54, 1.807) is 32.9 Å². The average molecular weight is 419 g/mol. The summed E-state index contributed by atoms with van der Waals surface area (Å²) in [6.07, 6.45) is 1.51. The van der Waals surface area contributed by atoms with Gasteiger partial charge in [0.25, 0.3) is 0 Å². The van der Waals surface area contributed by atoms with Gasteiger partial charge in [0.05, 0.1) is 17.9 Å². The minimum absolute atomic E-state index is 0.0124. The van der Waals surface area contributed by atoms with Crippen molar-refractivity contribution in [1.82, 2.24) is 0 Å². The summed E-state index contributed by atoms with van der Waals surface area (Å²) < 4.78 is 5.70. The molecule has 0 aliphatic heterocycles. The number of esters is 1. The maximum atomic E-state index is 14.1. The molecule has 2 bridgehead atoms. The second-order valence-electron chi connectivity index (χ2n) is 10.8. The lowest BCUT2D eigenvalue weighted by Crippen LogP contribution is -2.66. The van der Waals surface area contributed by atoms with E-state index < -0.39 is 47.6 Å². The normalized spacial score (nSPS) is 46.3. The van der Waals surface area contributed by atoms with Gasteiger partial charge in [0.15, 0.2) is 17.5 Å². The number of Topliss-reactive ketones (excluding diaryl/α,β-unsaturated/α-hetero) is 1. The molecule has 4 aliphatic rings. The first kappa shape index (κ1) is 21.7. The van der Waals surface area contributed by atoms with E-state index >= 15 is 0 Å². The van der Waals surface area contributed by atoms with Crippen molar-refractivity contribution in [1.29, 1.82) is 0 Å². The van der Waals surface area contributed by atoms with Crippen LogP contribution in [0.4, 0.5) is 0 Å². The Hall–Kier alpha value is -1.50. The van der Waals surface area contributed by atoms with Gasteiger partial charge in [-0.05, 0) is 47.7 Å². The molecule has 166 valence electrons. The van der Waals surface area contributed by atoms with E-state index in [1.165, 1.54) is 0 Å². The Labute approximate surface area is 178 Å². The molecule has 6 heteroatoms. The van der Waals surface area contributed by atoms with Crippen molar-refractivity contribution in [2.75, 3.05) is 6.61 Å². The molecule has 0 amide bonds. The van der Waals surface area contributed by atoms with Crippen molar-refractivity contribution in [3.8, 4) is 0 Å². The molecule has 6 nitrogen and oxygen atoms in total. The predicted octanol–water partition coefficient (Wildman–Crippen LogP) is 2.02. The summed E-state index contributed by atoms with van der Waals surface area (Å²) in [7, 11) is 0. The Morgan fingerprint density at radius 2 is 1.97 bits per heavy atom. The fourth-order valence-corrected chi connectivity index (χ4v) is 6.85. The molecule has 3 N–H and O–H groups in total. The zero-order valence-corrected chi connectivity index (χ0v) is 18.7. The molecule has 7 unspecified atom stereocenters. The monoisotopic (exact) mass is 418 g/mol. The highest BCUT2D eigenvalue weighted by molar-refractivity contribution is 5.95. The number of aliphatic hydroxyl groups is 3. The van der Waals surface area contributed by atoms with E-state index in [-0.39, 0.29) is 28.6 Å². The third-order valence-corrected chi connectivity index (χ3v) is 8.60. The Kier molecular flexibility index (Phi) is 4.71. The van der Waals surface area contributed by atoms with E-state index in [4.69, 9.17) is 4.74 Å². The minimum Gasteiger partial charge on any atom is -0.454 e. The summed E-state index contributed by atoms with van der Waals surface area (Å²) in [4.78, 5) is 26.6. The van der Waals surface area contributed by atoms with Crippen molar-refractivity contribution in [3.63, 3.8) is 0 Å². The fourth-order valence-electron chi connectivity index (χ4n) is 6.85. The number of carbonyl (C=O) groups is 2. The quantitative estimate of drug-likeness (QED) is 0.479. The highest BCUT2D eigenvalue weighted by atomic mass is 16.6. The summed E-state index contributed by atoms with van der Waals surface area (Å²) in [5.41, 5.74) is -2.65. The topological polar surface area (TPSA) is 104 Å². The highest BCUT2D eigenvalue weighted by Crippen LogP contribution is 2.71.